The molecule has 0 amide bonds. The van der Waals surface area contributed by atoms with Crippen LogP contribution in [0, 0.1) is 17.8 Å². The third-order valence-electron chi connectivity index (χ3n) is 3.75. The van der Waals surface area contributed by atoms with E-state index in [0.29, 0.717) is 17.8 Å². The molecule has 20 heavy (non-hydrogen) atoms. The molecular formula is C16H27N3O. The SMILES string of the molecule is CC(C)C(CNCc1cccc(/C(N)=N/O)c1)C(C)C. The van der Waals surface area contributed by atoms with Crippen LogP contribution in [0.3, 0.4) is 0 Å². The summed E-state index contributed by atoms with van der Waals surface area (Å²) < 4.78 is 0. The van der Waals surface area contributed by atoms with Gasteiger partial charge in [-0.25, -0.2) is 0 Å². The van der Waals surface area contributed by atoms with Gasteiger partial charge >= 0.3 is 0 Å². The van der Waals surface area contributed by atoms with Gasteiger partial charge in [0.25, 0.3) is 0 Å². The summed E-state index contributed by atoms with van der Waals surface area (Å²) in [6, 6.07) is 7.75. The Bertz CT molecular complexity index is 433. The number of benzene rings is 1. The zero-order valence-electron chi connectivity index (χ0n) is 12.9. The van der Waals surface area contributed by atoms with E-state index in [4.69, 9.17) is 10.9 Å². The molecule has 0 atom stereocenters. The van der Waals surface area contributed by atoms with Crippen molar-refractivity contribution in [1.82, 2.24) is 5.32 Å². The monoisotopic (exact) mass is 277 g/mol. The van der Waals surface area contributed by atoms with Crippen molar-refractivity contribution in [2.45, 2.75) is 34.2 Å². The van der Waals surface area contributed by atoms with Crippen LogP contribution < -0.4 is 11.1 Å². The van der Waals surface area contributed by atoms with Crippen molar-refractivity contribution < 1.29 is 5.21 Å². The first-order valence-corrected chi connectivity index (χ1v) is 7.23. The molecule has 0 heterocycles. The van der Waals surface area contributed by atoms with Gasteiger partial charge in [0, 0.05) is 12.1 Å². The van der Waals surface area contributed by atoms with Crippen LogP contribution >= 0.6 is 0 Å². The normalized spacial score (nSPS) is 12.7. The molecule has 0 fully saturated rings. The minimum atomic E-state index is 0.147. The number of hydrogen-bond donors (Lipinski definition) is 3. The molecule has 0 radical (unpaired) electrons. The minimum absolute atomic E-state index is 0.147. The second-order valence-corrected chi connectivity index (χ2v) is 5.97. The van der Waals surface area contributed by atoms with Gasteiger partial charge in [-0.1, -0.05) is 51.0 Å². The highest BCUT2D eigenvalue weighted by molar-refractivity contribution is 5.97. The zero-order chi connectivity index (χ0) is 15.1. The van der Waals surface area contributed by atoms with Gasteiger partial charge in [0.05, 0.1) is 0 Å². The van der Waals surface area contributed by atoms with Crippen molar-refractivity contribution in [3.05, 3.63) is 35.4 Å². The molecule has 0 saturated carbocycles. The Labute approximate surface area is 122 Å². The molecule has 4 heteroatoms. The van der Waals surface area contributed by atoms with Crippen LogP contribution in [0.4, 0.5) is 0 Å². The lowest BCUT2D eigenvalue weighted by Gasteiger charge is -2.25. The number of nitrogens with two attached hydrogens (primary N) is 1. The molecule has 4 N–H and O–H groups in total. The van der Waals surface area contributed by atoms with E-state index in [1.165, 1.54) is 0 Å². The summed E-state index contributed by atoms with van der Waals surface area (Å²) in [6.45, 7) is 10.9. The van der Waals surface area contributed by atoms with Gasteiger partial charge in [-0.15, -0.1) is 0 Å². The lowest BCUT2D eigenvalue weighted by Crippen LogP contribution is -2.29. The van der Waals surface area contributed by atoms with Crippen LogP contribution in [0.5, 0.6) is 0 Å². The van der Waals surface area contributed by atoms with E-state index in [2.05, 4.69) is 38.2 Å². The van der Waals surface area contributed by atoms with Gasteiger partial charge in [-0.2, -0.15) is 0 Å². The quantitative estimate of drug-likeness (QED) is 0.311. The van der Waals surface area contributed by atoms with Gasteiger partial charge in [0.1, 0.15) is 0 Å². The summed E-state index contributed by atoms with van der Waals surface area (Å²) in [5.74, 6) is 2.16. The molecule has 0 unspecified atom stereocenters. The van der Waals surface area contributed by atoms with Crippen molar-refractivity contribution in [2.75, 3.05) is 6.54 Å². The van der Waals surface area contributed by atoms with Crippen LogP contribution in [0.1, 0.15) is 38.8 Å². The Kier molecular flexibility index (Phi) is 6.52. The van der Waals surface area contributed by atoms with Gasteiger partial charge in [-0.3, -0.25) is 0 Å². The molecule has 1 aromatic carbocycles. The van der Waals surface area contributed by atoms with Gasteiger partial charge < -0.3 is 16.3 Å². The van der Waals surface area contributed by atoms with Crippen molar-refractivity contribution in [1.29, 1.82) is 0 Å². The molecule has 0 aromatic heterocycles. The minimum Gasteiger partial charge on any atom is -0.409 e. The van der Waals surface area contributed by atoms with Gasteiger partial charge in [0.15, 0.2) is 5.84 Å². The fourth-order valence-electron chi connectivity index (χ4n) is 2.52. The topological polar surface area (TPSA) is 70.6 Å². The van der Waals surface area contributed by atoms with Crippen molar-refractivity contribution in [3.63, 3.8) is 0 Å². The van der Waals surface area contributed by atoms with Crippen LogP contribution in [-0.2, 0) is 6.54 Å². The maximum atomic E-state index is 8.70. The van der Waals surface area contributed by atoms with E-state index in [9.17, 15) is 0 Å². The maximum absolute atomic E-state index is 8.70. The second-order valence-electron chi connectivity index (χ2n) is 5.97. The van der Waals surface area contributed by atoms with Gasteiger partial charge in [0.2, 0.25) is 0 Å². The molecule has 0 spiro atoms. The fraction of sp³-hybridized carbons (Fsp3) is 0.562. The second kappa shape index (κ2) is 7.90. The van der Waals surface area contributed by atoms with Crippen molar-refractivity contribution >= 4 is 5.84 Å². The highest BCUT2D eigenvalue weighted by atomic mass is 16.4. The summed E-state index contributed by atoms with van der Waals surface area (Å²) in [5, 5.41) is 15.2. The Morgan fingerprint density at radius 2 is 1.90 bits per heavy atom. The standard InChI is InChI=1S/C16H27N3O/c1-11(2)15(12(3)4)10-18-9-13-6-5-7-14(8-13)16(17)19-20/h5-8,11-12,15,18,20H,9-10H2,1-4H3,(H2,17,19). The van der Waals surface area contributed by atoms with E-state index >= 15 is 0 Å². The average molecular weight is 277 g/mol. The van der Waals surface area contributed by atoms with Crippen LogP contribution in [0.15, 0.2) is 29.4 Å². The zero-order valence-corrected chi connectivity index (χ0v) is 12.9. The molecule has 0 aliphatic heterocycles. The molecular weight excluding hydrogens is 250 g/mol. The van der Waals surface area contributed by atoms with Crippen LogP contribution in [-0.4, -0.2) is 17.6 Å². The molecule has 1 rings (SSSR count). The highest BCUT2D eigenvalue weighted by Crippen LogP contribution is 2.19. The van der Waals surface area contributed by atoms with Crippen molar-refractivity contribution in [2.24, 2.45) is 28.6 Å². The summed E-state index contributed by atoms with van der Waals surface area (Å²) in [7, 11) is 0. The molecule has 0 saturated heterocycles. The lowest BCUT2D eigenvalue weighted by molar-refractivity contribution is 0.275. The molecule has 112 valence electrons. The molecule has 0 aliphatic rings. The van der Waals surface area contributed by atoms with E-state index < -0.39 is 0 Å². The average Bonchev–Trinajstić information content (AvgIpc) is 2.42. The fourth-order valence-corrected chi connectivity index (χ4v) is 2.52. The predicted molar refractivity (Wildman–Crippen MR) is 83.8 cm³/mol. The Morgan fingerprint density at radius 3 is 2.45 bits per heavy atom. The Balaban J connectivity index is 2.58. The third-order valence-corrected chi connectivity index (χ3v) is 3.75. The summed E-state index contributed by atoms with van der Waals surface area (Å²) >= 11 is 0. The number of nitrogens with zero attached hydrogens (tertiary/aromatic N) is 1. The highest BCUT2D eigenvalue weighted by Gasteiger charge is 2.16. The van der Waals surface area contributed by atoms with E-state index in [1.54, 1.807) is 0 Å². The van der Waals surface area contributed by atoms with E-state index in [1.807, 2.05) is 24.3 Å². The predicted octanol–water partition coefficient (Wildman–Crippen LogP) is 2.80. The van der Waals surface area contributed by atoms with E-state index in [0.717, 1.165) is 24.2 Å². The first-order chi connectivity index (χ1) is 9.45. The summed E-state index contributed by atoms with van der Waals surface area (Å²) in [4.78, 5) is 0. The molecule has 0 bridgehead atoms. The Morgan fingerprint density at radius 1 is 1.25 bits per heavy atom. The van der Waals surface area contributed by atoms with Gasteiger partial charge in [-0.05, 0) is 35.9 Å². The number of oxime groups is 1. The lowest BCUT2D eigenvalue weighted by atomic mass is 9.85. The van der Waals surface area contributed by atoms with Crippen LogP contribution in [0.2, 0.25) is 0 Å². The summed E-state index contributed by atoms with van der Waals surface area (Å²) in [5.41, 5.74) is 7.48. The number of nitrogens with one attached hydrogen (secondary N) is 1. The molecule has 0 aliphatic carbocycles. The Hall–Kier alpha value is -1.55. The number of hydrogen-bond acceptors (Lipinski definition) is 3. The maximum Gasteiger partial charge on any atom is 0.170 e. The number of amidine groups is 1. The largest absolute Gasteiger partial charge is 0.409 e. The molecule has 4 nitrogen and oxygen atoms in total. The smallest absolute Gasteiger partial charge is 0.170 e. The molecule has 1 aromatic rings. The number of rotatable bonds is 7. The van der Waals surface area contributed by atoms with Crippen LogP contribution in [0.25, 0.3) is 0 Å². The van der Waals surface area contributed by atoms with E-state index in [-0.39, 0.29) is 5.84 Å². The summed E-state index contributed by atoms with van der Waals surface area (Å²) in [6.07, 6.45) is 0. The van der Waals surface area contributed by atoms with Crippen molar-refractivity contribution in [3.8, 4) is 0 Å². The first-order valence-electron chi connectivity index (χ1n) is 7.23. The first kappa shape index (κ1) is 16.5. The third kappa shape index (κ3) is 4.85.